The zero-order chi connectivity index (χ0) is 13.3. The summed E-state index contributed by atoms with van der Waals surface area (Å²) in [5.74, 6) is -4.99. The summed E-state index contributed by atoms with van der Waals surface area (Å²) in [7, 11) is 0. The van der Waals surface area contributed by atoms with Gasteiger partial charge in [0.25, 0.3) is 0 Å². The van der Waals surface area contributed by atoms with Gasteiger partial charge in [-0.15, -0.1) is 0 Å². The predicted molar refractivity (Wildman–Crippen MR) is 50.4 cm³/mol. The van der Waals surface area contributed by atoms with Crippen molar-refractivity contribution >= 4 is 5.91 Å². The Labute approximate surface area is 95.8 Å². The summed E-state index contributed by atoms with van der Waals surface area (Å²) in [5, 5.41) is 10.5. The lowest BCUT2D eigenvalue weighted by Crippen LogP contribution is -2.51. The summed E-state index contributed by atoms with van der Waals surface area (Å²) >= 11 is 0. The maximum atomic E-state index is 12.5. The normalized spacial score (nSPS) is 28.4. The number of carbonyl (C=O) groups is 1. The molecule has 96 valence electrons. The van der Waals surface area contributed by atoms with Gasteiger partial charge in [-0.3, -0.25) is 4.79 Å². The molecule has 17 heavy (non-hydrogen) atoms. The quantitative estimate of drug-likeness (QED) is 0.777. The molecular weight excluding hydrogens is 240 g/mol. The Morgan fingerprint density at radius 3 is 2.47 bits per heavy atom. The number of rotatable bonds is 4. The van der Waals surface area contributed by atoms with E-state index in [0.29, 0.717) is 0 Å². The van der Waals surface area contributed by atoms with Crippen LogP contribution in [0, 0.1) is 22.7 Å². The molecule has 0 unspecified atom stereocenters. The Bertz CT molecular complexity index is 345. The molecule has 0 atom stereocenters. The summed E-state index contributed by atoms with van der Waals surface area (Å²) in [6.45, 7) is 0.373. The minimum absolute atomic E-state index is 0.163. The molecule has 1 N–H and O–H groups in total. The van der Waals surface area contributed by atoms with Crippen molar-refractivity contribution in [1.82, 2.24) is 5.32 Å². The van der Waals surface area contributed by atoms with Crippen LogP contribution in [0.1, 0.15) is 19.8 Å². The number of nitriles is 1. The van der Waals surface area contributed by atoms with Gasteiger partial charge in [-0.2, -0.15) is 14.0 Å². The zero-order valence-electron chi connectivity index (χ0n) is 9.14. The molecule has 3 nitrogen and oxygen atoms in total. The molecule has 0 bridgehead atoms. The molecule has 1 amide bonds. The molecule has 1 fully saturated rings. The first-order valence-corrected chi connectivity index (χ1v) is 5.09. The Balaban J connectivity index is 2.54. The van der Waals surface area contributed by atoms with Gasteiger partial charge in [0.15, 0.2) is 0 Å². The fourth-order valence-corrected chi connectivity index (χ4v) is 1.90. The van der Waals surface area contributed by atoms with E-state index in [2.05, 4.69) is 0 Å². The van der Waals surface area contributed by atoms with Crippen molar-refractivity contribution in [3.63, 3.8) is 0 Å². The topological polar surface area (TPSA) is 52.9 Å². The van der Waals surface area contributed by atoms with Crippen LogP contribution >= 0.6 is 0 Å². The Morgan fingerprint density at radius 1 is 1.59 bits per heavy atom. The Kier molecular flexibility index (Phi) is 3.65. The third-order valence-corrected chi connectivity index (χ3v) is 2.85. The summed E-state index contributed by atoms with van der Waals surface area (Å²) in [5.41, 5.74) is -1.32. The Hall–Kier alpha value is -1.32. The number of alkyl halides is 4. The van der Waals surface area contributed by atoms with Gasteiger partial charge in [-0.05, 0) is 18.8 Å². The van der Waals surface area contributed by atoms with Crippen molar-refractivity contribution in [1.29, 1.82) is 5.26 Å². The van der Waals surface area contributed by atoms with Crippen LogP contribution < -0.4 is 5.32 Å². The molecule has 0 aliphatic heterocycles. The van der Waals surface area contributed by atoms with E-state index in [-0.39, 0.29) is 18.8 Å². The number of amides is 1. The largest absolute Gasteiger partial charge is 0.348 e. The van der Waals surface area contributed by atoms with E-state index in [9.17, 15) is 22.4 Å². The molecule has 0 aromatic carbocycles. The number of carbonyl (C=O) groups excluding carboxylic acids is 1. The van der Waals surface area contributed by atoms with E-state index in [4.69, 9.17) is 5.26 Å². The maximum absolute atomic E-state index is 12.5. The highest BCUT2D eigenvalue weighted by Crippen LogP contribution is 2.45. The minimum atomic E-state index is -4.26. The van der Waals surface area contributed by atoms with Gasteiger partial charge in [0.2, 0.25) is 5.91 Å². The second-order valence-electron chi connectivity index (χ2n) is 4.45. The first-order chi connectivity index (χ1) is 7.73. The van der Waals surface area contributed by atoms with Crippen LogP contribution in [-0.2, 0) is 4.79 Å². The Morgan fingerprint density at radius 2 is 2.12 bits per heavy atom. The van der Waals surface area contributed by atoms with E-state index < -0.39 is 30.2 Å². The van der Waals surface area contributed by atoms with Gasteiger partial charge >= 0.3 is 12.3 Å². The van der Waals surface area contributed by atoms with Crippen LogP contribution in [0.5, 0.6) is 0 Å². The monoisotopic (exact) mass is 252 g/mol. The standard InChI is InChI=1S/C10H12F4N2O/c1-6-2-9(3-6,4-15)8(17)16-5-10(13,14)7(11)12/h6-7H,2-3,5H2,1H3,(H,16,17). The lowest BCUT2D eigenvalue weighted by molar-refractivity contribution is -0.144. The maximum Gasteiger partial charge on any atom is 0.324 e. The number of hydrogen-bond donors (Lipinski definition) is 1. The second-order valence-corrected chi connectivity index (χ2v) is 4.45. The van der Waals surface area contributed by atoms with E-state index in [1.165, 1.54) is 0 Å². The van der Waals surface area contributed by atoms with E-state index in [1.54, 1.807) is 11.4 Å². The van der Waals surface area contributed by atoms with Crippen LogP contribution in [0.2, 0.25) is 0 Å². The molecule has 1 saturated carbocycles. The molecular formula is C10H12F4N2O. The van der Waals surface area contributed by atoms with E-state index >= 15 is 0 Å². The summed E-state index contributed by atoms with van der Waals surface area (Å²) in [4.78, 5) is 11.5. The predicted octanol–water partition coefficient (Wildman–Crippen LogP) is 1.94. The third-order valence-electron chi connectivity index (χ3n) is 2.85. The van der Waals surface area contributed by atoms with Crippen LogP contribution in [0.4, 0.5) is 17.6 Å². The number of hydrogen-bond acceptors (Lipinski definition) is 2. The molecule has 0 aromatic rings. The van der Waals surface area contributed by atoms with Gasteiger partial charge in [0, 0.05) is 0 Å². The number of nitrogens with one attached hydrogen (secondary N) is 1. The smallest absolute Gasteiger partial charge is 0.324 e. The molecule has 0 saturated heterocycles. The first kappa shape index (κ1) is 13.7. The number of halogens is 4. The van der Waals surface area contributed by atoms with Crippen LogP contribution in [0.25, 0.3) is 0 Å². The average molecular weight is 252 g/mol. The zero-order valence-corrected chi connectivity index (χ0v) is 9.14. The first-order valence-electron chi connectivity index (χ1n) is 5.09. The highest BCUT2D eigenvalue weighted by Gasteiger charge is 2.50. The molecule has 0 aromatic heterocycles. The molecule has 7 heteroatoms. The van der Waals surface area contributed by atoms with E-state index in [0.717, 1.165) is 0 Å². The fourth-order valence-electron chi connectivity index (χ4n) is 1.90. The lowest BCUT2D eigenvalue weighted by atomic mass is 9.63. The lowest BCUT2D eigenvalue weighted by Gasteiger charge is -2.39. The van der Waals surface area contributed by atoms with E-state index in [1.807, 2.05) is 6.92 Å². The summed E-state index contributed by atoms with van der Waals surface area (Å²) in [6, 6.07) is 1.77. The van der Waals surface area contributed by atoms with Gasteiger partial charge in [-0.25, -0.2) is 8.78 Å². The fraction of sp³-hybridized carbons (Fsp3) is 0.800. The van der Waals surface area contributed by atoms with Gasteiger partial charge in [0.05, 0.1) is 12.6 Å². The second kappa shape index (κ2) is 4.51. The van der Waals surface area contributed by atoms with Crippen LogP contribution in [0.3, 0.4) is 0 Å². The molecule has 1 aliphatic rings. The van der Waals surface area contributed by atoms with Gasteiger partial charge in [-0.1, -0.05) is 6.92 Å². The van der Waals surface area contributed by atoms with Gasteiger partial charge in [0.1, 0.15) is 5.41 Å². The summed E-state index contributed by atoms with van der Waals surface area (Å²) < 4.78 is 48.8. The van der Waals surface area contributed by atoms with Crippen molar-refractivity contribution in [2.24, 2.45) is 11.3 Å². The average Bonchev–Trinajstić information content (AvgIpc) is 2.21. The molecule has 1 aliphatic carbocycles. The highest BCUT2D eigenvalue weighted by atomic mass is 19.3. The molecule has 0 spiro atoms. The van der Waals surface area contributed by atoms with Crippen LogP contribution in [0.15, 0.2) is 0 Å². The summed E-state index contributed by atoms with van der Waals surface area (Å²) in [6.07, 6.45) is -3.29. The van der Waals surface area contributed by atoms with Gasteiger partial charge < -0.3 is 5.32 Å². The van der Waals surface area contributed by atoms with Crippen molar-refractivity contribution in [2.45, 2.75) is 32.1 Å². The van der Waals surface area contributed by atoms with Crippen molar-refractivity contribution in [3.8, 4) is 6.07 Å². The van der Waals surface area contributed by atoms with Crippen molar-refractivity contribution < 1.29 is 22.4 Å². The number of nitrogens with zero attached hydrogens (tertiary/aromatic N) is 1. The molecule has 0 radical (unpaired) electrons. The molecule has 1 rings (SSSR count). The highest BCUT2D eigenvalue weighted by molar-refractivity contribution is 5.86. The van der Waals surface area contributed by atoms with Crippen molar-refractivity contribution in [2.75, 3.05) is 6.54 Å². The minimum Gasteiger partial charge on any atom is -0.348 e. The third kappa shape index (κ3) is 2.68. The molecule has 0 heterocycles. The van der Waals surface area contributed by atoms with Crippen LogP contribution in [-0.4, -0.2) is 24.8 Å². The SMILES string of the molecule is CC1CC(C#N)(C(=O)NCC(F)(F)C(F)F)C1. The van der Waals surface area contributed by atoms with Crippen molar-refractivity contribution in [3.05, 3.63) is 0 Å².